The van der Waals surface area contributed by atoms with Crippen LogP contribution in [0.2, 0.25) is 0 Å². The number of halogens is 1. The van der Waals surface area contributed by atoms with Crippen LogP contribution in [0.4, 0.5) is 0 Å². The van der Waals surface area contributed by atoms with Gasteiger partial charge in [-0.05, 0) is 19.1 Å². The standard InChI is InChI=1S/C11H15N3O.ClH/c1-8-7-9-10(15-2)3-5-13-11(9)14(8)6-4-12;/h3,5,7H,4,6,12H2,1-2H3;1H. The summed E-state index contributed by atoms with van der Waals surface area (Å²) < 4.78 is 7.40. The largest absolute Gasteiger partial charge is 0.496 e. The second-order valence-electron chi connectivity index (χ2n) is 3.48. The van der Waals surface area contributed by atoms with E-state index in [9.17, 15) is 0 Å². The second kappa shape index (κ2) is 5.18. The molecule has 88 valence electrons. The van der Waals surface area contributed by atoms with Crippen LogP contribution in [0.1, 0.15) is 5.69 Å². The molecule has 2 N–H and O–H groups in total. The number of aromatic nitrogens is 2. The quantitative estimate of drug-likeness (QED) is 0.891. The number of ether oxygens (including phenoxy) is 1. The van der Waals surface area contributed by atoms with Gasteiger partial charge in [-0.2, -0.15) is 0 Å². The summed E-state index contributed by atoms with van der Waals surface area (Å²) in [6.07, 6.45) is 1.76. The highest BCUT2D eigenvalue weighted by atomic mass is 35.5. The third-order valence-electron chi connectivity index (χ3n) is 2.54. The van der Waals surface area contributed by atoms with Gasteiger partial charge < -0.3 is 15.0 Å². The first-order valence-electron chi connectivity index (χ1n) is 4.97. The van der Waals surface area contributed by atoms with Gasteiger partial charge in [0.15, 0.2) is 0 Å². The predicted octanol–water partition coefficient (Wildman–Crippen LogP) is 1.73. The van der Waals surface area contributed by atoms with Crippen LogP contribution >= 0.6 is 12.4 Å². The molecule has 0 amide bonds. The molecule has 0 bridgehead atoms. The SMILES string of the molecule is COc1ccnc2c1cc(C)n2CCN.Cl. The third kappa shape index (κ3) is 1.99. The zero-order valence-corrected chi connectivity index (χ0v) is 10.3. The molecule has 0 fully saturated rings. The maximum Gasteiger partial charge on any atom is 0.143 e. The fourth-order valence-electron chi connectivity index (χ4n) is 1.84. The van der Waals surface area contributed by atoms with Gasteiger partial charge in [-0.3, -0.25) is 0 Å². The summed E-state index contributed by atoms with van der Waals surface area (Å²) in [5.74, 6) is 0.860. The molecule has 0 aromatic carbocycles. The van der Waals surface area contributed by atoms with Crippen molar-refractivity contribution in [3.8, 4) is 5.75 Å². The molecule has 0 spiro atoms. The summed E-state index contributed by atoms with van der Waals surface area (Å²) in [5, 5.41) is 1.05. The van der Waals surface area contributed by atoms with Crippen molar-refractivity contribution >= 4 is 23.4 Å². The highest BCUT2D eigenvalue weighted by Crippen LogP contribution is 2.26. The Hall–Kier alpha value is -1.26. The molecule has 4 nitrogen and oxygen atoms in total. The maximum absolute atomic E-state index is 5.57. The fraction of sp³-hybridized carbons (Fsp3) is 0.364. The molecule has 2 aromatic rings. The molecular weight excluding hydrogens is 226 g/mol. The lowest BCUT2D eigenvalue weighted by Crippen LogP contribution is -2.11. The number of aryl methyl sites for hydroxylation is 1. The average Bonchev–Trinajstić information content (AvgIpc) is 2.56. The molecule has 0 aliphatic rings. The van der Waals surface area contributed by atoms with Crippen LogP contribution in [0.3, 0.4) is 0 Å². The molecule has 0 atom stereocenters. The van der Waals surface area contributed by atoms with Gasteiger partial charge in [0, 0.05) is 25.0 Å². The normalized spacial score (nSPS) is 10.2. The Morgan fingerprint density at radius 1 is 1.50 bits per heavy atom. The van der Waals surface area contributed by atoms with Crippen molar-refractivity contribution in [1.29, 1.82) is 0 Å². The minimum absolute atomic E-state index is 0. The zero-order chi connectivity index (χ0) is 10.8. The highest BCUT2D eigenvalue weighted by Gasteiger charge is 2.09. The number of rotatable bonds is 3. The van der Waals surface area contributed by atoms with Gasteiger partial charge in [0.1, 0.15) is 11.4 Å². The molecule has 0 aliphatic carbocycles. The van der Waals surface area contributed by atoms with E-state index >= 15 is 0 Å². The van der Waals surface area contributed by atoms with Crippen molar-refractivity contribution in [2.45, 2.75) is 13.5 Å². The number of methoxy groups -OCH3 is 1. The first-order chi connectivity index (χ1) is 7.27. The number of nitrogens with two attached hydrogens (primary N) is 1. The minimum Gasteiger partial charge on any atom is -0.496 e. The van der Waals surface area contributed by atoms with Crippen molar-refractivity contribution in [2.75, 3.05) is 13.7 Å². The zero-order valence-electron chi connectivity index (χ0n) is 9.43. The summed E-state index contributed by atoms with van der Waals surface area (Å²) in [4.78, 5) is 4.36. The van der Waals surface area contributed by atoms with E-state index in [4.69, 9.17) is 10.5 Å². The topological polar surface area (TPSA) is 53.1 Å². The second-order valence-corrected chi connectivity index (χ2v) is 3.48. The number of pyridine rings is 1. The van der Waals surface area contributed by atoms with Crippen LogP contribution in [-0.2, 0) is 6.54 Å². The maximum atomic E-state index is 5.57. The van der Waals surface area contributed by atoms with Gasteiger partial charge in [-0.25, -0.2) is 4.98 Å². The number of fused-ring (bicyclic) bond motifs is 1. The van der Waals surface area contributed by atoms with Crippen molar-refractivity contribution in [3.05, 3.63) is 24.0 Å². The Balaban J connectivity index is 0.00000128. The van der Waals surface area contributed by atoms with E-state index in [0.29, 0.717) is 6.54 Å². The van der Waals surface area contributed by atoms with Gasteiger partial charge in [0.25, 0.3) is 0 Å². The first-order valence-corrected chi connectivity index (χ1v) is 4.97. The van der Waals surface area contributed by atoms with Crippen LogP contribution in [0, 0.1) is 6.92 Å². The van der Waals surface area contributed by atoms with E-state index in [2.05, 4.69) is 22.5 Å². The molecule has 0 saturated heterocycles. The smallest absolute Gasteiger partial charge is 0.143 e. The predicted molar refractivity (Wildman–Crippen MR) is 67.3 cm³/mol. The molecule has 0 saturated carbocycles. The molecule has 2 aromatic heterocycles. The van der Waals surface area contributed by atoms with Crippen molar-refractivity contribution in [1.82, 2.24) is 9.55 Å². The molecular formula is C11H16ClN3O. The Kier molecular flexibility index (Phi) is 4.15. The lowest BCUT2D eigenvalue weighted by atomic mass is 10.3. The molecule has 16 heavy (non-hydrogen) atoms. The monoisotopic (exact) mass is 241 g/mol. The molecule has 0 unspecified atom stereocenters. The van der Waals surface area contributed by atoms with E-state index in [-0.39, 0.29) is 12.4 Å². The fourth-order valence-corrected chi connectivity index (χ4v) is 1.84. The van der Waals surface area contributed by atoms with Gasteiger partial charge in [-0.15, -0.1) is 12.4 Å². The lowest BCUT2D eigenvalue weighted by Gasteiger charge is -2.05. The van der Waals surface area contributed by atoms with Crippen LogP contribution in [0.25, 0.3) is 11.0 Å². The van der Waals surface area contributed by atoms with E-state index in [0.717, 1.165) is 29.0 Å². The lowest BCUT2D eigenvalue weighted by molar-refractivity contribution is 0.419. The van der Waals surface area contributed by atoms with Crippen molar-refractivity contribution in [2.24, 2.45) is 5.73 Å². The molecule has 5 heteroatoms. The average molecular weight is 242 g/mol. The first kappa shape index (κ1) is 12.8. The Labute approximate surface area is 101 Å². The van der Waals surface area contributed by atoms with Crippen molar-refractivity contribution < 1.29 is 4.74 Å². The van der Waals surface area contributed by atoms with E-state index in [1.54, 1.807) is 13.3 Å². The Morgan fingerprint density at radius 2 is 2.25 bits per heavy atom. The minimum atomic E-state index is 0. The molecule has 0 radical (unpaired) electrons. The Morgan fingerprint density at radius 3 is 2.88 bits per heavy atom. The van der Waals surface area contributed by atoms with Crippen LogP contribution in [0.5, 0.6) is 5.75 Å². The van der Waals surface area contributed by atoms with Gasteiger partial charge in [-0.1, -0.05) is 0 Å². The summed E-state index contributed by atoms with van der Waals surface area (Å²) in [5.41, 5.74) is 7.67. The molecule has 2 rings (SSSR count). The number of nitrogens with zero attached hydrogens (tertiary/aromatic N) is 2. The number of hydrogen-bond acceptors (Lipinski definition) is 3. The summed E-state index contributed by atoms with van der Waals surface area (Å²) in [6, 6.07) is 3.95. The van der Waals surface area contributed by atoms with Crippen LogP contribution in [0.15, 0.2) is 18.3 Å². The van der Waals surface area contributed by atoms with Gasteiger partial charge in [0.05, 0.1) is 12.5 Å². The summed E-state index contributed by atoms with van der Waals surface area (Å²) in [6.45, 7) is 3.45. The van der Waals surface area contributed by atoms with Crippen LogP contribution in [-0.4, -0.2) is 23.2 Å². The summed E-state index contributed by atoms with van der Waals surface area (Å²) in [7, 11) is 1.67. The summed E-state index contributed by atoms with van der Waals surface area (Å²) >= 11 is 0. The van der Waals surface area contributed by atoms with E-state index in [1.165, 1.54) is 0 Å². The molecule has 0 aliphatic heterocycles. The van der Waals surface area contributed by atoms with Crippen LogP contribution < -0.4 is 10.5 Å². The van der Waals surface area contributed by atoms with E-state index < -0.39 is 0 Å². The van der Waals surface area contributed by atoms with Crippen molar-refractivity contribution in [3.63, 3.8) is 0 Å². The van der Waals surface area contributed by atoms with E-state index in [1.807, 2.05) is 6.07 Å². The number of hydrogen-bond donors (Lipinski definition) is 1. The Bertz CT molecular complexity index is 481. The molecule has 2 heterocycles. The van der Waals surface area contributed by atoms with Gasteiger partial charge in [0.2, 0.25) is 0 Å². The van der Waals surface area contributed by atoms with Gasteiger partial charge >= 0.3 is 0 Å². The highest BCUT2D eigenvalue weighted by molar-refractivity contribution is 5.85. The third-order valence-corrected chi connectivity index (χ3v) is 2.54.